The van der Waals surface area contributed by atoms with Crippen LogP contribution in [0.5, 0.6) is 0 Å². The molecule has 0 saturated heterocycles. The first-order valence-corrected chi connectivity index (χ1v) is 12.5. The van der Waals surface area contributed by atoms with E-state index in [1.807, 2.05) is 10.6 Å². The molecule has 2 aromatic carbocycles. The van der Waals surface area contributed by atoms with Crippen LogP contribution in [-0.4, -0.2) is 53.8 Å². The van der Waals surface area contributed by atoms with E-state index in [9.17, 15) is 18.3 Å². The van der Waals surface area contributed by atoms with Crippen molar-refractivity contribution in [1.82, 2.24) is 9.55 Å². The zero-order chi connectivity index (χ0) is 25.2. The summed E-state index contributed by atoms with van der Waals surface area (Å²) in [4.78, 5) is 15.8. The molecular formula is C23H20Cl2N4O5S. The number of hydrogen-bond acceptors (Lipinski definition) is 6. The zero-order valence-corrected chi connectivity index (χ0v) is 20.4. The number of carbonyl (C=O) groups is 1. The van der Waals surface area contributed by atoms with Gasteiger partial charge in [-0.15, -0.1) is 0 Å². The number of halogens is 2. The quantitative estimate of drug-likeness (QED) is 0.296. The molecule has 0 amide bonds. The van der Waals surface area contributed by atoms with E-state index in [4.69, 9.17) is 28.3 Å². The predicted octanol–water partition coefficient (Wildman–Crippen LogP) is 4.02. The Bertz CT molecular complexity index is 1470. The number of anilines is 2. The molecule has 0 aliphatic heterocycles. The van der Waals surface area contributed by atoms with Crippen molar-refractivity contribution in [2.24, 2.45) is 0 Å². The van der Waals surface area contributed by atoms with Crippen molar-refractivity contribution in [3.8, 4) is 5.82 Å². The highest BCUT2D eigenvalue weighted by molar-refractivity contribution is 7.92. The maximum Gasteiger partial charge on any atom is 0.324 e. The third-order valence-corrected chi connectivity index (χ3v) is 7.29. The van der Waals surface area contributed by atoms with E-state index in [1.165, 1.54) is 24.3 Å². The second-order valence-electron chi connectivity index (χ2n) is 7.49. The van der Waals surface area contributed by atoms with Crippen molar-refractivity contribution in [2.75, 3.05) is 29.3 Å². The van der Waals surface area contributed by atoms with Crippen LogP contribution < -0.4 is 9.62 Å². The lowest BCUT2D eigenvalue weighted by atomic mass is 10.2. The molecule has 2 aromatic heterocycles. The number of fused-ring (bicyclic) bond motifs is 1. The van der Waals surface area contributed by atoms with Crippen molar-refractivity contribution in [3.63, 3.8) is 0 Å². The van der Waals surface area contributed by atoms with E-state index in [0.29, 0.717) is 17.7 Å². The van der Waals surface area contributed by atoms with Crippen molar-refractivity contribution >= 4 is 61.5 Å². The molecule has 0 saturated carbocycles. The van der Waals surface area contributed by atoms with Crippen LogP contribution in [0.2, 0.25) is 10.0 Å². The van der Waals surface area contributed by atoms with Crippen molar-refractivity contribution in [3.05, 3.63) is 77.0 Å². The number of pyridine rings is 1. The summed E-state index contributed by atoms with van der Waals surface area (Å²) >= 11 is 12.0. The molecule has 0 aliphatic carbocycles. The number of hydrogen-bond donors (Lipinski definition) is 3. The first-order valence-electron chi connectivity index (χ1n) is 10.3. The number of aliphatic hydroxyl groups excluding tert-OH is 1. The third kappa shape index (κ3) is 5.35. The molecule has 3 N–H and O–H groups in total. The number of benzene rings is 2. The topological polar surface area (TPSA) is 125 Å². The van der Waals surface area contributed by atoms with Crippen LogP contribution in [0.25, 0.3) is 16.7 Å². The number of carboxylic acids is 1. The van der Waals surface area contributed by atoms with E-state index in [1.54, 1.807) is 36.7 Å². The van der Waals surface area contributed by atoms with E-state index in [-0.39, 0.29) is 27.2 Å². The number of sulfonamides is 1. The molecule has 0 fully saturated rings. The standard InChI is InChI=1S/C23H20Cl2N4O5S/c24-16-10-17(25)12-20(11-16)35(33,34)29(14-23(31)32)19-2-3-21-15(9-19)5-7-28(21)22-4-1-18(13-27-22)26-6-8-30/h1-5,7,9-13,26,30H,6,8,14H2,(H,31,32). The van der Waals surface area contributed by atoms with Gasteiger partial charge in [0.25, 0.3) is 10.0 Å². The Morgan fingerprint density at radius 2 is 1.80 bits per heavy atom. The largest absolute Gasteiger partial charge is 0.480 e. The summed E-state index contributed by atoms with van der Waals surface area (Å²) in [7, 11) is -4.28. The summed E-state index contributed by atoms with van der Waals surface area (Å²) < 4.78 is 29.3. The Hall–Kier alpha value is -3.31. The van der Waals surface area contributed by atoms with Crippen molar-refractivity contribution < 1.29 is 23.4 Å². The van der Waals surface area contributed by atoms with Gasteiger partial charge in [0.15, 0.2) is 0 Å². The Morgan fingerprint density at radius 3 is 2.43 bits per heavy atom. The minimum Gasteiger partial charge on any atom is -0.480 e. The molecule has 0 aliphatic rings. The predicted molar refractivity (Wildman–Crippen MR) is 135 cm³/mol. The molecule has 35 heavy (non-hydrogen) atoms. The average Bonchev–Trinajstić information content (AvgIpc) is 3.24. The molecule has 182 valence electrons. The molecule has 0 spiro atoms. The molecular weight excluding hydrogens is 515 g/mol. The summed E-state index contributed by atoms with van der Waals surface area (Å²) in [5.41, 5.74) is 1.68. The van der Waals surface area contributed by atoms with Gasteiger partial charge >= 0.3 is 5.97 Å². The molecule has 4 aromatic rings. The van der Waals surface area contributed by atoms with Crippen LogP contribution in [0, 0.1) is 0 Å². The van der Waals surface area contributed by atoms with Crippen LogP contribution >= 0.6 is 23.2 Å². The van der Waals surface area contributed by atoms with Gasteiger partial charge in [0.2, 0.25) is 0 Å². The monoisotopic (exact) mass is 534 g/mol. The van der Waals surface area contributed by atoms with E-state index in [2.05, 4.69) is 10.3 Å². The van der Waals surface area contributed by atoms with Gasteiger partial charge in [0, 0.05) is 28.2 Å². The first-order chi connectivity index (χ1) is 16.7. The Balaban J connectivity index is 1.72. The van der Waals surface area contributed by atoms with Gasteiger partial charge in [-0.2, -0.15) is 0 Å². The number of aromatic nitrogens is 2. The minimum absolute atomic E-state index is 0.00525. The maximum absolute atomic E-state index is 13.4. The number of carboxylic acid groups (broad SMARTS) is 1. The van der Waals surface area contributed by atoms with Crippen LogP contribution in [0.15, 0.2) is 71.9 Å². The molecule has 4 rings (SSSR count). The van der Waals surface area contributed by atoms with Gasteiger partial charge in [-0.1, -0.05) is 23.2 Å². The summed E-state index contributed by atoms with van der Waals surface area (Å²) in [5, 5.41) is 22.3. The van der Waals surface area contributed by atoms with Crippen LogP contribution in [0.3, 0.4) is 0 Å². The summed E-state index contributed by atoms with van der Waals surface area (Å²) in [6.07, 6.45) is 3.42. The Labute approximate surface area is 211 Å². The number of nitrogens with one attached hydrogen (secondary N) is 1. The molecule has 2 heterocycles. The molecule has 9 nitrogen and oxygen atoms in total. The van der Waals surface area contributed by atoms with E-state index in [0.717, 1.165) is 15.5 Å². The van der Waals surface area contributed by atoms with Gasteiger partial charge in [0.05, 0.1) is 34.6 Å². The molecule has 0 bridgehead atoms. The zero-order valence-electron chi connectivity index (χ0n) is 18.1. The number of rotatable bonds is 9. The summed E-state index contributed by atoms with van der Waals surface area (Å²) in [6, 6.07) is 14.1. The van der Waals surface area contributed by atoms with Gasteiger partial charge < -0.3 is 20.1 Å². The summed E-state index contributed by atoms with van der Waals surface area (Å²) in [5.74, 6) is -0.690. The molecule has 0 unspecified atom stereocenters. The fraction of sp³-hybridized carbons (Fsp3) is 0.130. The fourth-order valence-electron chi connectivity index (χ4n) is 3.56. The molecule has 0 radical (unpaired) electrons. The molecule has 12 heteroatoms. The fourth-order valence-corrected chi connectivity index (χ4v) is 5.69. The molecule has 0 atom stereocenters. The number of aliphatic hydroxyl groups is 1. The number of nitrogens with zero attached hydrogens (tertiary/aromatic N) is 3. The van der Waals surface area contributed by atoms with Gasteiger partial charge in [-0.25, -0.2) is 13.4 Å². The van der Waals surface area contributed by atoms with Gasteiger partial charge in [-0.05, 0) is 54.6 Å². The second kappa shape index (κ2) is 10.1. The third-order valence-electron chi connectivity index (χ3n) is 5.10. The lowest BCUT2D eigenvalue weighted by Gasteiger charge is -2.23. The van der Waals surface area contributed by atoms with Crippen LogP contribution in [0.1, 0.15) is 0 Å². The highest BCUT2D eigenvalue weighted by Gasteiger charge is 2.28. The van der Waals surface area contributed by atoms with Crippen LogP contribution in [0.4, 0.5) is 11.4 Å². The van der Waals surface area contributed by atoms with Crippen molar-refractivity contribution in [1.29, 1.82) is 0 Å². The lowest BCUT2D eigenvalue weighted by molar-refractivity contribution is -0.135. The summed E-state index contributed by atoms with van der Waals surface area (Å²) in [6.45, 7) is -0.374. The van der Waals surface area contributed by atoms with E-state index < -0.39 is 22.5 Å². The second-order valence-corrected chi connectivity index (χ2v) is 10.2. The number of aliphatic carboxylic acids is 1. The van der Waals surface area contributed by atoms with E-state index >= 15 is 0 Å². The Kier molecular flexibility index (Phi) is 7.18. The lowest BCUT2D eigenvalue weighted by Crippen LogP contribution is -2.35. The van der Waals surface area contributed by atoms with Gasteiger partial charge in [0.1, 0.15) is 12.4 Å². The minimum atomic E-state index is -4.28. The first kappa shape index (κ1) is 24.8. The smallest absolute Gasteiger partial charge is 0.324 e. The SMILES string of the molecule is O=C(O)CN(c1ccc2c(ccn2-c2ccc(NCCO)cn2)c1)S(=O)(=O)c1cc(Cl)cc(Cl)c1. The van der Waals surface area contributed by atoms with Crippen molar-refractivity contribution in [2.45, 2.75) is 4.90 Å². The maximum atomic E-state index is 13.4. The Morgan fingerprint density at radius 1 is 1.06 bits per heavy atom. The highest BCUT2D eigenvalue weighted by atomic mass is 35.5. The van der Waals surface area contributed by atoms with Gasteiger partial charge in [-0.3, -0.25) is 9.10 Å². The normalized spacial score (nSPS) is 11.5. The average molecular weight is 535 g/mol. The van der Waals surface area contributed by atoms with Crippen LogP contribution in [-0.2, 0) is 14.8 Å². The highest BCUT2D eigenvalue weighted by Crippen LogP contribution is 2.31.